The standard InChI is InChI=1S/C13H19NO4S/c1-3-19(16,17)14-9-11(15)8-13(14)10-5-4-6-12(7-10)18-2/h4-7,11,13,15H,3,8-9H2,1-2H3/t11-,13-/m1/s1. The lowest BCUT2D eigenvalue weighted by molar-refractivity contribution is 0.188. The predicted octanol–water partition coefficient (Wildman–Crippen LogP) is 1.15. The molecular weight excluding hydrogens is 266 g/mol. The highest BCUT2D eigenvalue weighted by molar-refractivity contribution is 7.89. The van der Waals surface area contributed by atoms with Gasteiger partial charge in [-0.3, -0.25) is 0 Å². The van der Waals surface area contributed by atoms with E-state index in [1.165, 1.54) is 4.31 Å². The van der Waals surface area contributed by atoms with E-state index in [0.29, 0.717) is 12.2 Å². The van der Waals surface area contributed by atoms with Crippen molar-refractivity contribution in [1.82, 2.24) is 4.31 Å². The summed E-state index contributed by atoms with van der Waals surface area (Å²) in [6.45, 7) is 1.78. The van der Waals surface area contributed by atoms with Gasteiger partial charge in [0.25, 0.3) is 0 Å². The van der Waals surface area contributed by atoms with E-state index in [1.807, 2.05) is 24.3 Å². The van der Waals surface area contributed by atoms with Crippen LogP contribution in [0.25, 0.3) is 0 Å². The number of hydrogen-bond donors (Lipinski definition) is 1. The Morgan fingerprint density at radius 3 is 2.84 bits per heavy atom. The zero-order valence-corrected chi connectivity index (χ0v) is 11.9. The molecule has 1 aromatic carbocycles. The molecule has 0 aliphatic carbocycles. The molecule has 0 saturated carbocycles. The molecule has 0 radical (unpaired) electrons. The number of ether oxygens (including phenoxy) is 1. The zero-order valence-electron chi connectivity index (χ0n) is 11.1. The van der Waals surface area contributed by atoms with Crippen LogP contribution in [0.5, 0.6) is 5.75 Å². The van der Waals surface area contributed by atoms with Crippen molar-refractivity contribution >= 4 is 10.0 Å². The summed E-state index contributed by atoms with van der Waals surface area (Å²) >= 11 is 0. The molecule has 1 saturated heterocycles. The quantitative estimate of drug-likeness (QED) is 0.901. The normalized spacial score (nSPS) is 24.6. The monoisotopic (exact) mass is 285 g/mol. The molecule has 1 N–H and O–H groups in total. The third kappa shape index (κ3) is 2.91. The Kier molecular flexibility index (Phi) is 4.13. The first kappa shape index (κ1) is 14.3. The Labute approximate surface area is 113 Å². The van der Waals surface area contributed by atoms with Gasteiger partial charge < -0.3 is 9.84 Å². The van der Waals surface area contributed by atoms with Gasteiger partial charge in [-0.1, -0.05) is 12.1 Å². The number of β-amino-alcohol motifs (C(OH)–C–C–N with tert-alkyl or cyclic N) is 1. The molecule has 6 heteroatoms. The minimum Gasteiger partial charge on any atom is -0.497 e. The van der Waals surface area contributed by atoms with E-state index in [4.69, 9.17) is 4.74 Å². The lowest BCUT2D eigenvalue weighted by Gasteiger charge is -2.23. The second-order valence-corrected chi connectivity index (χ2v) is 6.86. The molecule has 1 fully saturated rings. The van der Waals surface area contributed by atoms with Crippen LogP contribution in [0.4, 0.5) is 0 Å². The van der Waals surface area contributed by atoms with E-state index in [2.05, 4.69) is 0 Å². The van der Waals surface area contributed by atoms with E-state index in [0.717, 1.165) is 5.56 Å². The first-order valence-corrected chi connectivity index (χ1v) is 7.90. The van der Waals surface area contributed by atoms with Crippen LogP contribution in [0.2, 0.25) is 0 Å². The third-order valence-corrected chi connectivity index (χ3v) is 5.28. The zero-order chi connectivity index (χ0) is 14.0. The average molecular weight is 285 g/mol. The van der Waals surface area contributed by atoms with Crippen molar-refractivity contribution in [2.75, 3.05) is 19.4 Å². The summed E-state index contributed by atoms with van der Waals surface area (Å²) in [4.78, 5) is 0. The molecule has 0 spiro atoms. The first-order valence-electron chi connectivity index (χ1n) is 6.29. The van der Waals surface area contributed by atoms with Gasteiger partial charge in [0, 0.05) is 6.54 Å². The summed E-state index contributed by atoms with van der Waals surface area (Å²) in [5.74, 6) is 0.730. The fourth-order valence-electron chi connectivity index (χ4n) is 2.41. The van der Waals surface area contributed by atoms with Crippen LogP contribution >= 0.6 is 0 Å². The molecule has 0 amide bonds. The Morgan fingerprint density at radius 1 is 1.47 bits per heavy atom. The van der Waals surface area contributed by atoms with Crippen molar-refractivity contribution in [2.45, 2.75) is 25.5 Å². The molecule has 106 valence electrons. The summed E-state index contributed by atoms with van der Waals surface area (Å²) in [5, 5.41) is 9.78. The number of sulfonamides is 1. The first-order chi connectivity index (χ1) is 8.97. The Balaban J connectivity index is 2.35. The Bertz CT molecular complexity index is 543. The van der Waals surface area contributed by atoms with Crippen LogP contribution in [0.1, 0.15) is 24.9 Å². The maximum absolute atomic E-state index is 12.1. The lowest BCUT2D eigenvalue weighted by Crippen LogP contribution is -2.33. The van der Waals surface area contributed by atoms with E-state index in [1.54, 1.807) is 14.0 Å². The molecule has 5 nitrogen and oxygen atoms in total. The number of aliphatic hydroxyl groups is 1. The molecule has 19 heavy (non-hydrogen) atoms. The van der Waals surface area contributed by atoms with E-state index < -0.39 is 16.1 Å². The molecule has 1 aliphatic rings. The van der Waals surface area contributed by atoms with Gasteiger partial charge in [-0.25, -0.2) is 8.42 Å². The topological polar surface area (TPSA) is 66.8 Å². The van der Waals surface area contributed by atoms with Crippen molar-refractivity contribution in [1.29, 1.82) is 0 Å². The molecule has 0 bridgehead atoms. The minimum atomic E-state index is -3.32. The van der Waals surface area contributed by atoms with Gasteiger partial charge in [0.2, 0.25) is 10.0 Å². The van der Waals surface area contributed by atoms with Crippen LogP contribution in [-0.4, -0.2) is 43.3 Å². The van der Waals surface area contributed by atoms with Gasteiger partial charge >= 0.3 is 0 Å². The van der Waals surface area contributed by atoms with E-state index in [-0.39, 0.29) is 18.3 Å². The molecule has 2 rings (SSSR count). The fourth-order valence-corrected chi connectivity index (χ4v) is 3.74. The molecule has 0 unspecified atom stereocenters. The molecular formula is C13H19NO4S. The van der Waals surface area contributed by atoms with Gasteiger partial charge in [-0.2, -0.15) is 4.31 Å². The predicted molar refractivity (Wildman–Crippen MR) is 72.5 cm³/mol. The van der Waals surface area contributed by atoms with Gasteiger partial charge in [-0.05, 0) is 31.0 Å². The summed E-state index contributed by atoms with van der Waals surface area (Å²) < 4.78 is 30.7. The second kappa shape index (κ2) is 5.48. The SMILES string of the molecule is CCS(=O)(=O)N1C[C@H](O)C[C@@H]1c1cccc(OC)c1. The Hall–Kier alpha value is -1.11. The highest BCUT2D eigenvalue weighted by Crippen LogP contribution is 2.35. The van der Waals surface area contributed by atoms with Crippen molar-refractivity contribution in [3.05, 3.63) is 29.8 Å². The number of aliphatic hydroxyl groups excluding tert-OH is 1. The van der Waals surface area contributed by atoms with Crippen molar-refractivity contribution in [3.63, 3.8) is 0 Å². The third-order valence-electron chi connectivity index (χ3n) is 3.43. The summed E-state index contributed by atoms with van der Waals surface area (Å²) in [5.41, 5.74) is 0.855. The summed E-state index contributed by atoms with van der Waals surface area (Å²) in [6.07, 6.45) is -0.190. The summed E-state index contributed by atoms with van der Waals surface area (Å²) in [6, 6.07) is 7.02. The molecule has 1 aliphatic heterocycles. The molecule has 2 atom stereocenters. The van der Waals surface area contributed by atoms with Crippen LogP contribution in [0.15, 0.2) is 24.3 Å². The number of methoxy groups -OCH3 is 1. The number of benzene rings is 1. The highest BCUT2D eigenvalue weighted by Gasteiger charge is 2.38. The molecule has 1 heterocycles. The van der Waals surface area contributed by atoms with Gasteiger partial charge in [0.15, 0.2) is 0 Å². The second-order valence-electron chi connectivity index (χ2n) is 4.65. The van der Waals surface area contributed by atoms with Gasteiger partial charge in [-0.15, -0.1) is 0 Å². The van der Waals surface area contributed by atoms with Crippen LogP contribution in [-0.2, 0) is 10.0 Å². The fraction of sp³-hybridized carbons (Fsp3) is 0.538. The van der Waals surface area contributed by atoms with Gasteiger partial charge in [0.1, 0.15) is 5.75 Å². The van der Waals surface area contributed by atoms with Crippen molar-refractivity contribution in [2.24, 2.45) is 0 Å². The number of hydrogen-bond acceptors (Lipinski definition) is 4. The lowest BCUT2D eigenvalue weighted by atomic mass is 10.0. The minimum absolute atomic E-state index is 0.0419. The maximum atomic E-state index is 12.1. The maximum Gasteiger partial charge on any atom is 0.214 e. The smallest absolute Gasteiger partial charge is 0.214 e. The van der Waals surface area contributed by atoms with Crippen LogP contribution in [0.3, 0.4) is 0 Å². The number of nitrogens with zero attached hydrogens (tertiary/aromatic N) is 1. The van der Waals surface area contributed by atoms with Crippen molar-refractivity contribution in [3.8, 4) is 5.75 Å². The Morgan fingerprint density at radius 2 is 2.21 bits per heavy atom. The average Bonchev–Trinajstić information content (AvgIpc) is 2.82. The highest BCUT2D eigenvalue weighted by atomic mass is 32.2. The van der Waals surface area contributed by atoms with Crippen LogP contribution < -0.4 is 4.74 Å². The van der Waals surface area contributed by atoms with Crippen LogP contribution in [0, 0.1) is 0 Å². The summed E-state index contributed by atoms with van der Waals surface area (Å²) in [7, 11) is -1.74. The van der Waals surface area contributed by atoms with E-state index in [9.17, 15) is 13.5 Å². The molecule has 1 aromatic rings. The van der Waals surface area contributed by atoms with E-state index >= 15 is 0 Å². The number of rotatable bonds is 4. The van der Waals surface area contributed by atoms with Gasteiger partial charge in [0.05, 0.1) is 25.0 Å². The largest absolute Gasteiger partial charge is 0.497 e. The van der Waals surface area contributed by atoms with Crippen molar-refractivity contribution < 1.29 is 18.3 Å². The molecule has 0 aromatic heterocycles.